The molecule has 1 atom stereocenters. The van der Waals surface area contributed by atoms with Gasteiger partial charge in [-0.25, -0.2) is 4.39 Å². The SMILES string of the molecule is O=C(C[S@](=O)Cc1ccc(F)cc1Cl)NCc1ccco1. The molecule has 21 heavy (non-hydrogen) atoms. The number of amides is 1. The summed E-state index contributed by atoms with van der Waals surface area (Å²) < 4.78 is 29.9. The third-order valence-electron chi connectivity index (χ3n) is 2.66. The fourth-order valence-electron chi connectivity index (χ4n) is 1.66. The molecule has 7 heteroatoms. The summed E-state index contributed by atoms with van der Waals surface area (Å²) in [5.41, 5.74) is 0.551. The van der Waals surface area contributed by atoms with Crippen LogP contribution in [0, 0.1) is 5.82 Å². The number of furan rings is 1. The number of hydrogen-bond donors (Lipinski definition) is 1. The van der Waals surface area contributed by atoms with Crippen molar-refractivity contribution in [2.75, 3.05) is 5.75 Å². The van der Waals surface area contributed by atoms with Crippen LogP contribution in [-0.2, 0) is 27.9 Å². The first-order chi connectivity index (χ1) is 10.0. The predicted molar refractivity (Wildman–Crippen MR) is 78.7 cm³/mol. The van der Waals surface area contributed by atoms with E-state index in [4.69, 9.17) is 16.0 Å². The second-order valence-corrected chi connectivity index (χ2v) is 6.18. The predicted octanol–water partition coefficient (Wildman–Crippen LogP) is 2.64. The minimum atomic E-state index is -1.42. The van der Waals surface area contributed by atoms with E-state index in [1.807, 2.05) is 0 Å². The molecule has 1 aromatic heterocycles. The average Bonchev–Trinajstić information content (AvgIpc) is 2.93. The summed E-state index contributed by atoms with van der Waals surface area (Å²) in [6.07, 6.45) is 1.51. The van der Waals surface area contributed by atoms with Gasteiger partial charge in [0.1, 0.15) is 17.3 Å². The Labute approximate surface area is 128 Å². The first kappa shape index (κ1) is 15.7. The van der Waals surface area contributed by atoms with Crippen LogP contribution in [0.5, 0.6) is 0 Å². The van der Waals surface area contributed by atoms with Gasteiger partial charge in [0, 0.05) is 15.8 Å². The van der Waals surface area contributed by atoms with Crippen LogP contribution in [0.3, 0.4) is 0 Å². The summed E-state index contributed by atoms with van der Waals surface area (Å²) in [7, 11) is -1.42. The number of hydrogen-bond acceptors (Lipinski definition) is 3. The molecule has 0 fully saturated rings. The average molecular weight is 330 g/mol. The lowest BCUT2D eigenvalue weighted by Gasteiger charge is -2.06. The second kappa shape index (κ2) is 7.38. The lowest BCUT2D eigenvalue weighted by atomic mass is 10.2. The van der Waals surface area contributed by atoms with Crippen molar-refractivity contribution in [2.45, 2.75) is 12.3 Å². The van der Waals surface area contributed by atoms with Gasteiger partial charge in [0.25, 0.3) is 0 Å². The van der Waals surface area contributed by atoms with Crippen LogP contribution in [0.1, 0.15) is 11.3 Å². The van der Waals surface area contributed by atoms with Crippen molar-refractivity contribution < 1.29 is 17.8 Å². The molecule has 4 nitrogen and oxygen atoms in total. The van der Waals surface area contributed by atoms with Gasteiger partial charge in [-0.05, 0) is 29.8 Å². The van der Waals surface area contributed by atoms with Crippen LogP contribution in [0.2, 0.25) is 5.02 Å². The number of benzene rings is 1. The normalized spacial score (nSPS) is 12.1. The summed E-state index contributed by atoms with van der Waals surface area (Å²) in [5.74, 6) is -0.216. The van der Waals surface area contributed by atoms with Gasteiger partial charge in [-0.1, -0.05) is 17.7 Å². The molecule has 0 saturated carbocycles. The highest BCUT2D eigenvalue weighted by atomic mass is 35.5. The fourth-order valence-corrected chi connectivity index (χ4v) is 3.07. The maximum Gasteiger partial charge on any atom is 0.233 e. The van der Waals surface area contributed by atoms with Gasteiger partial charge in [-0.3, -0.25) is 9.00 Å². The van der Waals surface area contributed by atoms with Crippen molar-refractivity contribution in [3.05, 3.63) is 58.8 Å². The number of carbonyl (C=O) groups excluding carboxylic acids is 1. The Balaban J connectivity index is 1.82. The molecule has 0 saturated heterocycles. The van der Waals surface area contributed by atoms with Crippen LogP contribution in [-0.4, -0.2) is 15.9 Å². The second-order valence-electron chi connectivity index (χ2n) is 4.32. The van der Waals surface area contributed by atoms with Gasteiger partial charge in [-0.2, -0.15) is 0 Å². The van der Waals surface area contributed by atoms with Crippen LogP contribution in [0.25, 0.3) is 0 Å². The molecule has 0 bridgehead atoms. The molecular formula is C14H13ClFNO3S. The molecule has 1 N–H and O–H groups in total. The Hall–Kier alpha value is -1.66. The molecule has 0 aliphatic carbocycles. The van der Waals surface area contributed by atoms with Gasteiger partial charge in [0.2, 0.25) is 5.91 Å². The van der Waals surface area contributed by atoms with Gasteiger partial charge in [0.15, 0.2) is 0 Å². The number of halogens is 2. The molecule has 0 radical (unpaired) electrons. The Morgan fingerprint density at radius 2 is 2.19 bits per heavy atom. The third-order valence-corrected chi connectivity index (χ3v) is 4.23. The highest BCUT2D eigenvalue weighted by molar-refractivity contribution is 7.84. The quantitative estimate of drug-likeness (QED) is 0.886. The molecule has 2 aromatic rings. The lowest BCUT2D eigenvalue weighted by Crippen LogP contribution is -2.28. The zero-order valence-corrected chi connectivity index (χ0v) is 12.5. The van der Waals surface area contributed by atoms with Gasteiger partial charge >= 0.3 is 0 Å². The Bertz CT molecular complexity index is 646. The van der Waals surface area contributed by atoms with Crippen LogP contribution in [0.4, 0.5) is 4.39 Å². The van der Waals surface area contributed by atoms with Gasteiger partial charge in [0.05, 0.1) is 18.6 Å². The van der Waals surface area contributed by atoms with E-state index in [9.17, 15) is 13.4 Å². The number of nitrogens with one attached hydrogen (secondary N) is 1. The third kappa shape index (κ3) is 4.99. The fraction of sp³-hybridized carbons (Fsp3) is 0.214. The van der Waals surface area contributed by atoms with E-state index < -0.39 is 16.6 Å². The van der Waals surface area contributed by atoms with Crippen LogP contribution < -0.4 is 5.32 Å². The summed E-state index contributed by atoms with van der Waals surface area (Å²) >= 11 is 5.85. The molecule has 2 rings (SSSR count). The van der Waals surface area contributed by atoms with Crippen molar-refractivity contribution in [3.8, 4) is 0 Å². The van der Waals surface area contributed by atoms with E-state index in [1.165, 1.54) is 18.4 Å². The van der Waals surface area contributed by atoms with Crippen molar-refractivity contribution in [1.29, 1.82) is 0 Å². The molecule has 0 unspecified atom stereocenters. The summed E-state index contributed by atoms with van der Waals surface area (Å²) in [6.45, 7) is 0.250. The molecule has 0 spiro atoms. The maximum absolute atomic E-state index is 12.9. The van der Waals surface area contributed by atoms with Crippen LogP contribution in [0.15, 0.2) is 41.0 Å². The topological polar surface area (TPSA) is 59.3 Å². The minimum Gasteiger partial charge on any atom is -0.467 e. The monoisotopic (exact) mass is 329 g/mol. The first-order valence-electron chi connectivity index (χ1n) is 6.12. The van der Waals surface area contributed by atoms with Crippen LogP contribution >= 0.6 is 11.6 Å². The molecule has 1 amide bonds. The van der Waals surface area contributed by atoms with E-state index in [2.05, 4.69) is 5.32 Å². The molecule has 1 heterocycles. The highest BCUT2D eigenvalue weighted by Gasteiger charge is 2.11. The van der Waals surface area contributed by atoms with Crippen molar-refractivity contribution >= 4 is 28.3 Å². The van der Waals surface area contributed by atoms with E-state index in [-0.39, 0.29) is 29.0 Å². The molecular weight excluding hydrogens is 317 g/mol. The minimum absolute atomic E-state index is 0.104. The smallest absolute Gasteiger partial charge is 0.233 e. The molecule has 1 aromatic carbocycles. The Morgan fingerprint density at radius 1 is 1.38 bits per heavy atom. The first-order valence-corrected chi connectivity index (χ1v) is 7.99. The highest BCUT2D eigenvalue weighted by Crippen LogP contribution is 2.18. The van der Waals surface area contributed by atoms with Gasteiger partial charge < -0.3 is 9.73 Å². The lowest BCUT2D eigenvalue weighted by molar-refractivity contribution is -0.118. The summed E-state index contributed by atoms with van der Waals surface area (Å²) in [4.78, 5) is 11.6. The molecule has 0 aliphatic rings. The van der Waals surface area contributed by atoms with E-state index in [1.54, 1.807) is 12.1 Å². The van der Waals surface area contributed by atoms with E-state index in [0.29, 0.717) is 11.3 Å². The molecule has 112 valence electrons. The maximum atomic E-state index is 12.9. The van der Waals surface area contributed by atoms with Crippen molar-refractivity contribution in [2.24, 2.45) is 0 Å². The summed E-state index contributed by atoms with van der Waals surface area (Å²) in [5, 5.41) is 2.81. The zero-order chi connectivity index (χ0) is 15.2. The summed E-state index contributed by atoms with van der Waals surface area (Å²) in [6, 6.07) is 7.32. The standard InChI is InChI=1S/C14H13ClFNO3S/c15-13-6-11(16)4-3-10(13)8-21(19)9-14(18)17-7-12-2-1-5-20-12/h1-6H,7-9H2,(H,17,18)/t21-/m1/s1. The zero-order valence-electron chi connectivity index (χ0n) is 11.0. The largest absolute Gasteiger partial charge is 0.467 e. The van der Waals surface area contributed by atoms with E-state index >= 15 is 0 Å². The van der Waals surface area contributed by atoms with Crippen molar-refractivity contribution in [3.63, 3.8) is 0 Å². The van der Waals surface area contributed by atoms with Crippen molar-refractivity contribution in [1.82, 2.24) is 5.32 Å². The van der Waals surface area contributed by atoms with Gasteiger partial charge in [-0.15, -0.1) is 0 Å². The number of carbonyl (C=O) groups is 1. The molecule has 0 aliphatic heterocycles. The Morgan fingerprint density at radius 3 is 2.86 bits per heavy atom. The Kier molecular flexibility index (Phi) is 5.52. The number of rotatable bonds is 6. The van der Waals surface area contributed by atoms with E-state index in [0.717, 1.165) is 6.07 Å².